The van der Waals surface area contributed by atoms with Crippen LogP contribution in [0, 0.1) is 0 Å². The molecular formula is C13H24O4. The first-order valence-electron chi connectivity index (χ1n) is 6.41. The summed E-state index contributed by atoms with van der Waals surface area (Å²) in [5.74, 6) is -0.301. The van der Waals surface area contributed by atoms with E-state index in [9.17, 15) is 9.59 Å². The van der Waals surface area contributed by atoms with Gasteiger partial charge in [-0.05, 0) is 33.1 Å². The van der Waals surface area contributed by atoms with Gasteiger partial charge in [-0.25, -0.2) is 0 Å². The van der Waals surface area contributed by atoms with Crippen molar-refractivity contribution in [1.82, 2.24) is 0 Å². The summed E-state index contributed by atoms with van der Waals surface area (Å²) in [7, 11) is 0. The van der Waals surface area contributed by atoms with Crippen LogP contribution in [0.3, 0.4) is 0 Å². The highest BCUT2D eigenvalue weighted by Crippen LogP contribution is 2.06. The van der Waals surface area contributed by atoms with Crippen molar-refractivity contribution in [2.75, 3.05) is 6.61 Å². The minimum absolute atomic E-state index is 0.0495. The van der Waals surface area contributed by atoms with E-state index >= 15 is 0 Å². The summed E-state index contributed by atoms with van der Waals surface area (Å²) in [6, 6.07) is 0. The van der Waals surface area contributed by atoms with E-state index in [0.717, 1.165) is 25.7 Å². The molecule has 0 aliphatic heterocycles. The number of esters is 2. The van der Waals surface area contributed by atoms with Crippen molar-refractivity contribution in [3.05, 3.63) is 0 Å². The van der Waals surface area contributed by atoms with Gasteiger partial charge in [0.1, 0.15) is 0 Å². The maximum atomic E-state index is 11.2. The zero-order valence-electron chi connectivity index (χ0n) is 11.2. The van der Waals surface area contributed by atoms with Crippen molar-refractivity contribution >= 4 is 11.9 Å². The average molecular weight is 244 g/mol. The molecule has 0 saturated carbocycles. The lowest BCUT2D eigenvalue weighted by Crippen LogP contribution is -2.11. The molecule has 4 heteroatoms. The summed E-state index contributed by atoms with van der Waals surface area (Å²) in [6.07, 6.45) is 4.08. The number of carbonyl (C=O) groups is 2. The Balaban J connectivity index is 3.34. The molecule has 0 N–H and O–H groups in total. The number of rotatable bonds is 9. The van der Waals surface area contributed by atoms with Crippen molar-refractivity contribution < 1.29 is 19.1 Å². The summed E-state index contributed by atoms with van der Waals surface area (Å²) in [4.78, 5) is 22.3. The van der Waals surface area contributed by atoms with Crippen LogP contribution in [0.25, 0.3) is 0 Å². The van der Waals surface area contributed by atoms with Gasteiger partial charge < -0.3 is 9.47 Å². The van der Waals surface area contributed by atoms with Gasteiger partial charge in [0, 0.05) is 12.8 Å². The highest BCUT2D eigenvalue weighted by Gasteiger charge is 2.06. The second-order valence-corrected chi connectivity index (χ2v) is 4.32. The van der Waals surface area contributed by atoms with Gasteiger partial charge in [0.15, 0.2) is 0 Å². The molecule has 0 aromatic rings. The minimum Gasteiger partial charge on any atom is -0.466 e. The van der Waals surface area contributed by atoms with Crippen LogP contribution >= 0.6 is 0 Å². The Morgan fingerprint density at radius 2 is 1.59 bits per heavy atom. The molecule has 0 atom stereocenters. The Labute approximate surface area is 104 Å². The lowest BCUT2D eigenvalue weighted by Gasteiger charge is -2.07. The zero-order valence-corrected chi connectivity index (χ0v) is 11.2. The Morgan fingerprint density at radius 1 is 1.00 bits per heavy atom. The van der Waals surface area contributed by atoms with Crippen LogP contribution in [0.4, 0.5) is 0 Å². The van der Waals surface area contributed by atoms with E-state index < -0.39 is 0 Å². The first-order valence-corrected chi connectivity index (χ1v) is 6.41. The molecule has 0 saturated heterocycles. The van der Waals surface area contributed by atoms with Gasteiger partial charge >= 0.3 is 11.9 Å². The number of ether oxygens (including phenoxy) is 2. The second-order valence-electron chi connectivity index (χ2n) is 4.32. The fourth-order valence-corrected chi connectivity index (χ4v) is 1.33. The first kappa shape index (κ1) is 15.9. The molecule has 0 radical (unpaired) electrons. The normalized spacial score (nSPS) is 10.4. The Morgan fingerprint density at radius 3 is 2.12 bits per heavy atom. The largest absolute Gasteiger partial charge is 0.466 e. The Kier molecular flexibility index (Phi) is 9.49. The molecule has 0 amide bonds. The standard InChI is InChI=1S/C13H24O4/c1-4-10-16-12(14)8-6-5-7-9-13(15)17-11(2)3/h11H,4-10H2,1-3H3. The third-order valence-electron chi connectivity index (χ3n) is 2.10. The molecule has 0 aliphatic rings. The molecule has 0 aliphatic carbocycles. The third kappa shape index (κ3) is 11.2. The summed E-state index contributed by atoms with van der Waals surface area (Å²) in [5, 5.41) is 0. The summed E-state index contributed by atoms with van der Waals surface area (Å²) in [6.45, 7) is 6.14. The van der Waals surface area contributed by atoms with Crippen molar-refractivity contribution in [3.8, 4) is 0 Å². The highest BCUT2D eigenvalue weighted by molar-refractivity contribution is 5.70. The molecule has 0 bridgehead atoms. The fourth-order valence-electron chi connectivity index (χ4n) is 1.33. The quantitative estimate of drug-likeness (QED) is 0.462. The molecule has 0 heterocycles. The zero-order chi connectivity index (χ0) is 13.1. The molecule has 0 fully saturated rings. The van der Waals surface area contributed by atoms with E-state index in [2.05, 4.69) is 0 Å². The van der Waals surface area contributed by atoms with Crippen LogP contribution < -0.4 is 0 Å². The second kappa shape index (κ2) is 10.1. The lowest BCUT2D eigenvalue weighted by molar-refractivity contribution is -0.147. The van der Waals surface area contributed by atoms with E-state index in [1.807, 2.05) is 20.8 Å². The first-order chi connectivity index (χ1) is 8.06. The van der Waals surface area contributed by atoms with Gasteiger partial charge in [-0.3, -0.25) is 9.59 Å². The summed E-state index contributed by atoms with van der Waals surface area (Å²) < 4.78 is 9.94. The van der Waals surface area contributed by atoms with Crippen molar-refractivity contribution in [1.29, 1.82) is 0 Å². The lowest BCUT2D eigenvalue weighted by atomic mass is 10.1. The number of carbonyl (C=O) groups excluding carboxylic acids is 2. The van der Waals surface area contributed by atoms with Crippen molar-refractivity contribution in [2.45, 2.75) is 65.4 Å². The van der Waals surface area contributed by atoms with E-state index in [4.69, 9.17) is 9.47 Å². The Bertz CT molecular complexity index is 223. The van der Waals surface area contributed by atoms with Gasteiger partial charge in [0.2, 0.25) is 0 Å². The monoisotopic (exact) mass is 244 g/mol. The topological polar surface area (TPSA) is 52.6 Å². The average Bonchev–Trinajstić information content (AvgIpc) is 2.24. The molecule has 0 aromatic carbocycles. The predicted molar refractivity (Wildman–Crippen MR) is 65.6 cm³/mol. The minimum atomic E-state index is -0.159. The Hall–Kier alpha value is -1.06. The maximum absolute atomic E-state index is 11.2. The van der Waals surface area contributed by atoms with Crippen molar-refractivity contribution in [3.63, 3.8) is 0 Å². The van der Waals surface area contributed by atoms with E-state index in [1.54, 1.807) is 0 Å². The van der Waals surface area contributed by atoms with Crippen LogP contribution in [0.2, 0.25) is 0 Å². The molecule has 4 nitrogen and oxygen atoms in total. The van der Waals surface area contributed by atoms with E-state index in [0.29, 0.717) is 19.4 Å². The summed E-state index contributed by atoms with van der Waals surface area (Å²) >= 11 is 0. The van der Waals surface area contributed by atoms with Gasteiger partial charge in [-0.15, -0.1) is 0 Å². The molecule has 0 aromatic heterocycles. The number of hydrogen-bond donors (Lipinski definition) is 0. The molecule has 0 unspecified atom stereocenters. The van der Waals surface area contributed by atoms with Crippen LogP contribution in [0.1, 0.15) is 59.3 Å². The van der Waals surface area contributed by atoms with Crippen LogP contribution in [-0.2, 0) is 19.1 Å². The van der Waals surface area contributed by atoms with Crippen LogP contribution in [-0.4, -0.2) is 24.6 Å². The maximum Gasteiger partial charge on any atom is 0.306 e. The van der Waals surface area contributed by atoms with Gasteiger partial charge in [-0.1, -0.05) is 13.3 Å². The molecule has 0 rings (SSSR count). The highest BCUT2D eigenvalue weighted by atomic mass is 16.5. The third-order valence-corrected chi connectivity index (χ3v) is 2.10. The smallest absolute Gasteiger partial charge is 0.306 e. The van der Waals surface area contributed by atoms with Gasteiger partial charge in [-0.2, -0.15) is 0 Å². The van der Waals surface area contributed by atoms with Gasteiger partial charge in [0.05, 0.1) is 12.7 Å². The SMILES string of the molecule is CCCOC(=O)CCCCCC(=O)OC(C)C. The van der Waals surface area contributed by atoms with Crippen LogP contribution in [0.5, 0.6) is 0 Å². The molecule has 0 spiro atoms. The molecule has 100 valence electrons. The number of unbranched alkanes of at least 4 members (excludes halogenated alkanes) is 2. The van der Waals surface area contributed by atoms with E-state index in [-0.39, 0.29) is 18.0 Å². The van der Waals surface area contributed by atoms with Crippen LogP contribution in [0.15, 0.2) is 0 Å². The predicted octanol–water partition coefficient (Wildman–Crippen LogP) is 2.84. The fraction of sp³-hybridized carbons (Fsp3) is 0.846. The van der Waals surface area contributed by atoms with E-state index in [1.165, 1.54) is 0 Å². The summed E-state index contributed by atoms with van der Waals surface area (Å²) in [5.41, 5.74) is 0. The molecular weight excluding hydrogens is 220 g/mol. The van der Waals surface area contributed by atoms with Crippen molar-refractivity contribution in [2.24, 2.45) is 0 Å². The molecule has 17 heavy (non-hydrogen) atoms. The van der Waals surface area contributed by atoms with Gasteiger partial charge in [0.25, 0.3) is 0 Å². The number of hydrogen-bond acceptors (Lipinski definition) is 4.